The summed E-state index contributed by atoms with van der Waals surface area (Å²) in [4.78, 5) is 23.7. The minimum atomic E-state index is -0.200. The van der Waals surface area contributed by atoms with Gasteiger partial charge in [0.2, 0.25) is 5.91 Å². The summed E-state index contributed by atoms with van der Waals surface area (Å²) in [6, 6.07) is 12.3. The van der Waals surface area contributed by atoms with Crippen LogP contribution in [-0.2, 0) is 11.2 Å². The molecule has 0 saturated heterocycles. The first-order valence-electron chi connectivity index (χ1n) is 7.69. The number of amides is 2. The van der Waals surface area contributed by atoms with Crippen LogP contribution >= 0.6 is 39.1 Å². The topological polar surface area (TPSA) is 58.2 Å². The molecule has 0 heterocycles. The van der Waals surface area contributed by atoms with Crippen molar-refractivity contribution >= 4 is 50.9 Å². The molecule has 0 unspecified atom stereocenters. The summed E-state index contributed by atoms with van der Waals surface area (Å²) in [7, 11) is 0. The van der Waals surface area contributed by atoms with Crippen molar-refractivity contribution < 1.29 is 9.59 Å². The van der Waals surface area contributed by atoms with Gasteiger partial charge in [-0.05, 0) is 54.4 Å². The van der Waals surface area contributed by atoms with Gasteiger partial charge < -0.3 is 10.6 Å². The maximum atomic E-state index is 11.9. The molecule has 0 aliphatic rings. The standard InChI is InChI=1S/C18H17BrCl2N2O2/c19-14-3-1-13(2-4-14)18(25)23-8-6-17(24)22-7-5-12-9-15(20)11-16(21)10-12/h1-4,9-11H,5-8H2,(H,22,24)(H,23,25). The first-order chi connectivity index (χ1) is 11.9. The number of hydrogen-bond donors (Lipinski definition) is 2. The number of benzene rings is 2. The van der Waals surface area contributed by atoms with Crippen LogP contribution in [0.1, 0.15) is 22.3 Å². The minimum absolute atomic E-state index is 0.121. The molecule has 2 amide bonds. The summed E-state index contributed by atoms with van der Waals surface area (Å²) in [6.07, 6.45) is 0.857. The minimum Gasteiger partial charge on any atom is -0.356 e. The lowest BCUT2D eigenvalue weighted by Crippen LogP contribution is -2.31. The van der Waals surface area contributed by atoms with E-state index in [-0.39, 0.29) is 24.8 Å². The van der Waals surface area contributed by atoms with Crippen LogP contribution in [0.25, 0.3) is 0 Å². The highest BCUT2D eigenvalue weighted by Gasteiger charge is 2.06. The van der Waals surface area contributed by atoms with E-state index in [1.807, 2.05) is 12.1 Å². The molecule has 0 bridgehead atoms. The summed E-state index contributed by atoms with van der Waals surface area (Å²) in [5, 5.41) is 6.68. The second kappa shape index (κ2) is 9.80. The lowest BCUT2D eigenvalue weighted by Gasteiger charge is -2.08. The van der Waals surface area contributed by atoms with Gasteiger partial charge in [0, 0.05) is 39.6 Å². The fourth-order valence-corrected chi connectivity index (χ4v) is 3.02. The molecular weight excluding hydrogens is 427 g/mol. The predicted octanol–water partition coefficient (Wildman–Crippen LogP) is 4.23. The van der Waals surface area contributed by atoms with Gasteiger partial charge in [-0.3, -0.25) is 9.59 Å². The van der Waals surface area contributed by atoms with E-state index in [1.54, 1.807) is 30.3 Å². The van der Waals surface area contributed by atoms with Crippen molar-refractivity contribution in [2.75, 3.05) is 13.1 Å². The van der Waals surface area contributed by atoms with Gasteiger partial charge in [0.25, 0.3) is 5.91 Å². The van der Waals surface area contributed by atoms with Crippen molar-refractivity contribution in [1.29, 1.82) is 0 Å². The fourth-order valence-electron chi connectivity index (χ4n) is 2.18. The molecule has 7 heteroatoms. The molecule has 0 atom stereocenters. The third kappa shape index (κ3) is 7.06. The summed E-state index contributed by atoms with van der Waals surface area (Å²) < 4.78 is 0.907. The average Bonchev–Trinajstić information content (AvgIpc) is 2.54. The van der Waals surface area contributed by atoms with Crippen LogP contribution in [0.2, 0.25) is 10.0 Å². The Bertz CT molecular complexity index is 731. The second-order valence-corrected chi connectivity index (χ2v) is 7.18. The number of carbonyl (C=O) groups excluding carboxylic acids is 2. The van der Waals surface area contributed by atoms with Gasteiger partial charge in [-0.1, -0.05) is 39.1 Å². The number of nitrogens with one attached hydrogen (secondary N) is 2. The summed E-state index contributed by atoms with van der Waals surface area (Å²) >= 11 is 15.2. The van der Waals surface area contributed by atoms with Crippen molar-refractivity contribution in [3.8, 4) is 0 Å². The van der Waals surface area contributed by atoms with Gasteiger partial charge in [0.1, 0.15) is 0 Å². The maximum absolute atomic E-state index is 11.9. The van der Waals surface area contributed by atoms with E-state index >= 15 is 0 Å². The van der Waals surface area contributed by atoms with E-state index in [0.717, 1.165) is 10.0 Å². The fraction of sp³-hybridized carbons (Fsp3) is 0.222. The van der Waals surface area contributed by atoms with Crippen LogP contribution in [-0.4, -0.2) is 24.9 Å². The van der Waals surface area contributed by atoms with Crippen LogP contribution < -0.4 is 10.6 Å². The smallest absolute Gasteiger partial charge is 0.251 e. The molecule has 0 aliphatic heterocycles. The summed E-state index contributed by atoms with van der Waals surface area (Å²) in [5.41, 5.74) is 1.52. The van der Waals surface area contributed by atoms with E-state index in [9.17, 15) is 9.59 Å². The molecule has 132 valence electrons. The first-order valence-corrected chi connectivity index (χ1v) is 9.24. The van der Waals surface area contributed by atoms with Gasteiger partial charge in [-0.2, -0.15) is 0 Å². The molecule has 25 heavy (non-hydrogen) atoms. The number of carbonyl (C=O) groups is 2. The SMILES string of the molecule is O=C(CCNC(=O)c1ccc(Br)cc1)NCCc1cc(Cl)cc(Cl)c1. The Hall–Kier alpha value is -1.56. The molecule has 0 radical (unpaired) electrons. The molecule has 0 aromatic heterocycles. The van der Waals surface area contributed by atoms with Crippen molar-refractivity contribution in [2.45, 2.75) is 12.8 Å². The highest BCUT2D eigenvalue weighted by molar-refractivity contribution is 9.10. The molecule has 0 saturated carbocycles. The first kappa shape index (κ1) is 19.8. The Balaban J connectivity index is 1.67. The molecule has 0 spiro atoms. The monoisotopic (exact) mass is 442 g/mol. The van der Waals surface area contributed by atoms with Gasteiger partial charge in [-0.15, -0.1) is 0 Å². The predicted molar refractivity (Wildman–Crippen MR) is 104 cm³/mol. The van der Waals surface area contributed by atoms with Gasteiger partial charge >= 0.3 is 0 Å². The van der Waals surface area contributed by atoms with Gasteiger partial charge in [0.05, 0.1) is 0 Å². The number of halogens is 3. The maximum Gasteiger partial charge on any atom is 0.251 e. The zero-order chi connectivity index (χ0) is 18.2. The van der Waals surface area contributed by atoms with Crippen LogP contribution in [0.3, 0.4) is 0 Å². The Labute approximate surface area is 165 Å². The highest BCUT2D eigenvalue weighted by atomic mass is 79.9. The van der Waals surface area contributed by atoms with E-state index in [2.05, 4.69) is 26.6 Å². The van der Waals surface area contributed by atoms with Crippen molar-refractivity contribution in [3.63, 3.8) is 0 Å². The summed E-state index contributed by atoms with van der Waals surface area (Å²) in [6.45, 7) is 0.764. The number of rotatable bonds is 7. The molecule has 2 aromatic carbocycles. The molecule has 4 nitrogen and oxygen atoms in total. The van der Waals surface area contributed by atoms with E-state index in [1.165, 1.54) is 0 Å². The largest absolute Gasteiger partial charge is 0.356 e. The van der Waals surface area contributed by atoms with Gasteiger partial charge in [0.15, 0.2) is 0 Å². The third-order valence-corrected chi connectivity index (χ3v) is 4.37. The van der Waals surface area contributed by atoms with Crippen molar-refractivity contribution in [1.82, 2.24) is 10.6 Å². The van der Waals surface area contributed by atoms with Crippen LogP contribution in [0, 0.1) is 0 Å². The second-order valence-electron chi connectivity index (χ2n) is 5.39. The van der Waals surface area contributed by atoms with Crippen LogP contribution in [0.15, 0.2) is 46.9 Å². The zero-order valence-corrected chi connectivity index (χ0v) is 16.4. The van der Waals surface area contributed by atoms with Crippen LogP contribution in [0.5, 0.6) is 0 Å². The highest BCUT2D eigenvalue weighted by Crippen LogP contribution is 2.19. The Morgan fingerprint density at radius 2 is 1.56 bits per heavy atom. The summed E-state index contributed by atoms with van der Waals surface area (Å²) in [5.74, 6) is -0.321. The quantitative estimate of drug-likeness (QED) is 0.672. The Kier molecular flexibility index (Phi) is 7.75. The normalized spacial score (nSPS) is 10.4. The molecule has 0 aliphatic carbocycles. The average molecular weight is 444 g/mol. The third-order valence-electron chi connectivity index (χ3n) is 3.40. The molecule has 0 fully saturated rings. The van der Waals surface area contributed by atoms with E-state index < -0.39 is 0 Å². The van der Waals surface area contributed by atoms with Crippen molar-refractivity contribution in [3.05, 3.63) is 68.1 Å². The Morgan fingerprint density at radius 3 is 2.20 bits per heavy atom. The van der Waals surface area contributed by atoms with Gasteiger partial charge in [-0.25, -0.2) is 0 Å². The molecule has 2 N–H and O–H groups in total. The van der Waals surface area contributed by atoms with Crippen molar-refractivity contribution in [2.24, 2.45) is 0 Å². The van der Waals surface area contributed by atoms with E-state index in [4.69, 9.17) is 23.2 Å². The molecule has 2 rings (SSSR count). The lowest BCUT2D eigenvalue weighted by atomic mass is 10.1. The Morgan fingerprint density at radius 1 is 0.920 bits per heavy atom. The molecule has 2 aromatic rings. The molecular formula is C18H17BrCl2N2O2. The van der Waals surface area contributed by atoms with Crippen LogP contribution in [0.4, 0.5) is 0 Å². The lowest BCUT2D eigenvalue weighted by molar-refractivity contribution is -0.120. The number of hydrogen-bond acceptors (Lipinski definition) is 2. The van der Waals surface area contributed by atoms with E-state index in [0.29, 0.717) is 28.6 Å². The zero-order valence-electron chi connectivity index (χ0n) is 13.3.